The Morgan fingerprint density at radius 3 is 2.35 bits per heavy atom. The number of rotatable bonds is 5. The Bertz CT molecular complexity index is 966. The van der Waals surface area contributed by atoms with Crippen LogP contribution >= 0.6 is 11.3 Å². The van der Waals surface area contributed by atoms with E-state index in [9.17, 15) is 9.59 Å². The Kier molecular flexibility index (Phi) is 5.04. The van der Waals surface area contributed by atoms with Crippen LogP contribution in [0.15, 0.2) is 36.4 Å². The molecular weight excluding hydrogens is 356 g/mol. The van der Waals surface area contributed by atoms with Crippen LogP contribution in [-0.2, 0) is 16.1 Å². The Morgan fingerprint density at radius 2 is 1.69 bits per heavy atom. The molecule has 0 aliphatic rings. The van der Waals surface area contributed by atoms with Crippen molar-refractivity contribution in [3.63, 3.8) is 0 Å². The number of fused-ring (bicyclic) bond motifs is 1. The molecule has 3 rings (SSSR count). The van der Waals surface area contributed by atoms with E-state index in [1.54, 1.807) is 36.4 Å². The van der Waals surface area contributed by atoms with E-state index in [1.165, 1.54) is 25.6 Å². The van der Waals surface area contributed by atoms with Gasteiger partial charge in [-0.3, -0.25) is 0 Å². The molecule has 2 N–H and O–H groups in total. The molecular formula is C18H16N2O5S. The van der Waals surface area contributed by atoms with E-state index in [0.29, 0.717) is 27.5 Å². The lowest BCUT2D eigenvalue weighted by Crippen LogP contribution is -2.04. The monoisotopic (exact) mass is 372 g/mol. The first-order valence-electron chi connectivity index (χ1n) is 7.60. The van der Waals surface area contributed by atoms with Gasteiger partial charge in [0.1, 0.15) is 17.9 Å². The minimum atomic E-state index is -0.467. The molecule has 0 spiro atoms. The van der Waals surface area contributed by atoms with E-state index < -0.39 is 11.9 Å². The maximum absolute atomic E-state index is 11.9. The number of ether oxygens (including phenoxy) is 3. The van der Waals surface area contributed by atoms with Crippen LogP contribution in [0.5, 0.6) is 5.75 Å². The lowest BCUT2D eigenvalue weighted by molar-refractivity contribution is 0.0592. The van der Waals surface area contributed by atoms with Crippen LogP contribution in [0.1, 0.15) is 26.3 Å². The van der Waals surface area contributed by atoms with E-state index in [2.05, 4.69) is 9.72 Å². The molecule has 3 aromatic rings. The number of esters is 2. The van der Waals surface area contributed by atoms with Gasteiger partial charge in [0.2, 0.25) is 0 Å². The number of carbonyl (C=O) groups excluding carboxylic acids is 2. The normalized spacial score (nSPS) is 10.5. The van der Waals surface area contributed by atoms with Gasteiger partial charge in [0.15, 0.2) is 5.13 Å². The molecule has 2 aromatic carbocycles. The average Bonchev–Trinajstić information content (AvgIpc) is 3.05. The second kappa shape index (κ2) is 7.40. The smallest absolute Gasteiger partial charge is 0.338 e. The molecule has 1 aromatic heterocycles. The van der Waals surface area contributed by atoms with Crippen LogP contribution in [0, 0.1) is 0 Å². The third-order valence-electron chi connectivity index (χ3n) is 3.67. The molecule has 0 aliphatic heterocycles. The van der Waals surface area contributed by atoms with Gasteiger partial charge in [0.05, 0.1) is 30.0 Å². The van der Waals surface area contributed by atoms with Crippen molar-refractivity contribution in [2.24, 2.45) is 0 Å². The van der Waals surface area contributed by atoms with Gasteiger partial charge in [-0.1, -0.05) is 23.5 Å². The number of aromatic nitrogens is 1. The van der Waals surface area contributed by atoms with E-state index in [1.807, 2.05) is 0 Å². The molecule has 26 heavy (non-hydrogen) atoms. The summed E-state index contributed by atoms with van der Waals surface area (Å²) in [7, 11) is 2.65. The maximum Gasteiger partial charge on any atom is 0.338 e. The van der Waals surface area contributed by atoms with Gasteiger partial charge in [0, 0.05) is 0 Å². The second-order valence-corrected chi connectivity index (χ2v) is 6.40. The average molecular weight is 372 g/mol. The number of benzene rings is 2. The molecule has 0 saturated heterocycles. The summed E-state index contributed by atoms with van der Waals surface area (Å²) in [6, 6.07) is 10.1. The Labute approximate surface area is 153 Å². The zero-order valence-corrected chi connectivity index (χ0v) is 15.0. The topological polar surface area (TPSA) is 101 Å². The van der Waals surface area contributed by atoms with Crippen LogP contribution < -0.4 is 10.5 Å². The molecule has 0 atom stereocenters. The fraction of sp³-hybridized carbons (Fsp3) is 0.167. The summed E-state index contributed by atoms with van der Waals surface area (Å²) in [6.45, 7) is 0.235. The summed E-state index contributed by atoms with van der Waals surface area (Å²) in [4.78, 5) is 27.6. The second-order valence-electron chi connectivity index (χ2n) is 5.34. The SMILES string of the molecule is COC(=O)c1ccc(COc2cc(C(=O)OC)cc3sc(N)nc23)cc1. The first-order valence-corrected chi connectivity index (χ1v) is 8.42. The molecule has 1 heterocycles. The molecule has 0 fully saturated rings. The fourth-order valence-electron chi connectivity index (χ4n) is 2.38. The first kappa shape index (κ1) is 17.7. The fourth-order valence-corrected chi connectivity index (χ4v) is 3.17. The molecule has 0 saturated carbocycles. The van der Waals surface area contributed by atoms with Crippen molar-refractivity contribution >= 4 is 38.6 Å². The number of nitrogens with two attached hydrogens (primary N) is 1. The lowest BCUT2D eigenvalue weighted by atomic mass is 10.1. The predicted octanol–water partition coefficient (Wildman–Crippen LogP) is 3.03. The number of carbonyl (C=O) groups is 2. The minimum Gasteiger partial charge on any atom is -0.487 e. The summed E-state index contributed by atoms with van der Waals surface area (Å²) in [5.41, 5.74) is 8.03. The maximum atomic E-state index is 11.9. The predicted molar refractivity (Wildman–Crippen MR) is 97.5 cm³/mol. The van der Waals surface area contributed by atoms with Crippen LogP contribution in [-0.4, -0.2) is 31.1 Å². The highest BCUT2D eigenvalue weighted by molar-refractivity contribution is 7.22. The van der Waals surface area contributed by atoms with Crippen LogP contribution in [0.3, 0.4) is 0 Å². The highest BCUT2D eigenvalue weighted by Gasteiger charge is 2.15. The number of nitrogens with zero attached hydrogens (tertiary/aromatic N) is 1. The van der Waals surface area contributed by atoms with Crippen molar-refractivity contribution in [1.29, 1.82) is 0 Å². The van der Waals surface area contributed by atoms with Crippen molar-refractivity contribution in [2.45, 2.75) is 6.61 Å². The molecule has 0 bridgehead atoms. The van der Waals surface area contributed by atoms with Gasteiger partial charge in [-0.2, -0.15) is 0 Å². The van der Waals surface area contributed by atoms with E-state index in [0.717, 1.165) is 10.3 Å². The molecule has 0 unspecified atom stereocenters. The van der Waals surface area contributed by atoms with Gasteiger partial charge < -0.3 is 19.9 Å². The summed E-state index contributed by atoms with van der Waals surface area (Å²) in [5.74, 6) is -0.429. The zero-order valence-electron chi connectivity index (χ0n) is 14.1. The summed E-state index contributed by atoms with van der Waals surface area (Å²) in [6.07, 6.45) is 0. The third kappa shape index (κ3) is 3.60. The first-order chi connectivity index (χ1) is 12.5. The Hall–Kier alpha value is -3.13. The van der Waals surface area contributed by atoms with Crippen LogP contribution in [0.4, 0.5) is 5.13 Å². The molecule has 0 radical (unpaired) electrons. The lowest BCUT2D eigenvalue weighted by Gasteiger charge is -2.09. The summed E-state index contributed by atoms with van der Waals surface area (Å²) in [5, 5.41) is 0.384. The number of hydrogen-bond donors (Lipinski definition) is 1. The van der Waals surface area contributed by atoms with E-state index >= 15 is 0 Å². The third-order valence-corrected chi connectivity index (χ3v) is 4.50. The number of nitrogen functional groups attached to an aromatic ring is 1. The molecule has 8 heteroatoms. The summed E-state index contributed by atoms with van der Waals surface area (Å²) < 4.78 is 16.0. The molecule has 0 amide bonds. The minimum absolute atomic E-state index is 0.235. The van der Waals surface area contributed by atoms with Gasteiger partial charge >= 0.3 is 11.9 Å². The van der Waals surface area contributed by atoms with E-state index in [-0.39, 0.29) is 6.61 Å². The van der Waals surface area contributed by atoms with Gasteiger partial charge in [-0.15, -0.1) is 0 Å². The molecule has 134 valence electrons. The van der Waals surface area contributed by atoms with Crippen LogP contribution in [0.25, 0.3) is 10.2 Å². The zero-order chi connectivity index (χ0) is 18.7. The van der Waals surface area contributed by atoms with Crippen molar-refractivity contribution in [2.75, 3.05) is 20.0 Å². The van der Waals surface area contributed by atoms with E-state index in [4.69, 9.17) is 15.2 Å². The van der Waals surface area contributed by atoms with Crippen molar-refractivity contribution in [3.05, 3.63) is 53.1 Å². The molecule has 7 nitrogen and oxygen atoms in total. The standard InChI is InChI=1S/C18H16N2O5S/c1-23-16(21)11-5-3-10(4-6-11)9-25-13-7-12(17(22)24-2)8-14-15(13)20-18(19)26-14/h3-8H,9H2,1-2H3,(H2,19,20). The number of anilines is 1. The number of methoxy groups -OCH3 is 2. The number of hydrogen-bond acceptors (Lipinski definition) is 8. The Morgan fingerprint density at radius 1 is 1.04 bits per heavy atom. The van der Waals surface area contributed by atoms with Crippen LogP contribution in [0.2, 0.25) is 0 Å². The highest BCUT2D eigenvalue weighted by atomic mass is 32.1. The van der Waals surface area contributed by atoms with Gasteiger partial charge in [-0.25, -0.2) is 14.6 Å². The Balaban J connectivity index is 1.85. The highest BCUT2D eigenvalue weighted by Crippen LogP contribution is 2.33. The summed E-state index contributed by atoms with van der Waals surface area (Å²) >= 11 is 1.27. The quantitative estimate of drug-likeness (QED) is 0.687. The van der Waals surface area contributed by atoms with Gasteiger partial charge in [-0.05, 0) is 29.8 Å². The van der Waals surface area contributed by atoms with Crippen molar-refractivity contribution < 1.29 is 23.8 Å². The molecule has 0 aliphatic carbocycles. The largest absolute Gasteiger partial charge is 0.487 e. The number of thiazole rings is 1. The van der Waals surface area contributed by atoms with Crippen molar-refractivity contribution in [3.8, 4) is 5.75 Å². The van der Waals surface area contributed by atoms with Gasteiger partial charge in [0.25, 0.3) is 0 Å². The van der Waals surface area contributed by atoms with Crippen molar-refractivity contribution in [1.82, 2.24) is 4.98 Å².